The molecule has 2 unspecified atom stereocenters. The lowest BCUT2D eigenvalue weighted by molar-refractivity contribution is -0.121. The van der Waals surface area contributed by atoms with Gasteiger partial charge in [0.2, 0.25) is 0 Å². The van der Waals surface area contributed by atoms with E-state index in [1.807, 2.05) is 11.8 Å². The van der Waals surface area contributed by atoms with Crippen LogP contribution in [0.1, 0.15) is 20.3 Å². The van der Waals surface area contributed by atoms with E-state index in [0.717, 1.165) is 12.2 Å². The number of nitrogens with one attached hydrogen (secondary N) is 2. The SMILES string of the molecule is CC(=O)C1(C)C[C@H]1C1SC[C@@H]2NC(=O)N[C@H]12. The van der Waals surface area contributed by atoms with Crippen LogP contribution in [0.15, 0.2) is 0 Å². The number of Topliss-reactive ketones (excluding diaryl/α,β-unsaturated/α-hetero) is 1. The third-order valence-corrected chi connectivity index (χ3v) is 5.93. The van der Waals surface area contributed by atoms with Crippen molar-refractivity contribution in [3.8, 4) is 0 Å². The summed E-state index contributed by atoms with van der Waals surface area (Å²) in [6.45, 7) is 3.74. The smallest absolute Gasteiger partial charge is 0.315 e. The van der Waals surface area contributed by atoms with Gasteiger partial charge in [0.1, 0.15) is 5.78 Å². The molecule has 5 heteroatoms. The maximum atomic E-state index is 11.5. The van der Waals surface area contributed by atoms with Crippen molar-refractivity contribution in [1.29, 1.82) is 0 Å². The predicted octanol–water partition coefficient (Wildman–Crippen LogP) is 0.767. The summed E-state index contributed by atoms with van der Waals surface area (Å²) in [7, 11) is 0. The molecule has 88 valence electrons. The van der Waals surface area contributed by atoms with Crippen LogP contribution in [0.4, 0.5) is 4.79 Å². The van der Waals surface area contributed by atoms with Gasteiger partial charge >= 0.3 is 6.03 Å². The second-order valence-electron chi connectivity index (χ2n) is 5.33. The molecule has 3 rings (SSSR count). The zero-order valence-corrected chi connectivity index (χ0v) is 10.3. The monoisotopic (exact) mass is 240 g/mol. The van der Waals surface area contributed by atoms with Crippen molar-refractivity contribution in [2.75, 3.05) is 5.75 Å². The number of hydrogen-bond acceptors (Lipinski definition) is 3. The second-order valence-corrected chi connectivity index (χ2v) is 6.54. The van der Waals surface area contributed by atoms with Crippen LogP contribution in [0, 0.1) is 11.3 Å². The fraction of sp³-hybridized carbons (Fsp3) is 0.818. The maximum Gasteiger partial charge on any atom is 0.315 e. The number of urea groups is 1. The summed E-state index contributed by atoms with van der Waals surface area (Å²) in [6.07, 6.45) is 0.985. The fourth-order valence-corrected chi connectivity index (χ4v) is 4.79. The van der Waals surface area contributed by atoms with Gasteiger partial charge in [0, 0.05) is 16.4 Å². The van der Waals surface area contributed by atoms with Gasteiger partial charge < -0.3 is 10.6 Å². The summed E-state index contributed by atoms with van der Waals surface area (Å²) in [5.74, 6) is 1.71. The summed E-state index contributed by atoms with van der Waals surface area (Å²) < 4.78 is 0. The third-order valence-electron chi connectivity index (χ3n) is 4.37. The number of carbonyl (C=O) groups excluding carboxylic acids is 2. The lowest BCUT2D eigenvalue weighted by Crippen LogP contribution is -2.39. The largest absolute Gasteiger partial charge is 0.332 e. The molecule has 0 spiro atoms. The molecule has 0 aromatic carbocycles. The molecule has 3 aliphatic rings. The normalized spacial score (nSPS) is 49.5. The number of fused-ring (bicyclic) bond motifs is 1. The second kappa shape index (κ2) is 3.15. The van der Waals surface area contributed by atoms with Crippen molar-refractivity contribution in [1.82, 2.24) is 10.6 Å². The van der Waals surface area contributed by atoms with E-state index >= 15 is 0 Å². The Bertz CT molecular complexity index is 373. The quantitative estimate of drug-likeness (QED) is 0.701. The highest BCUT2D eigenvalue weighted by Crippen LogP contribution is 2.59. The number of thioether (sulfide) groups is 1. The molecular formula is C11H16N2O2S. The number of carbonyl (C=O) groups is 2. The molecule has 2 amide bonds. The van der Waals surface area contributed by atoms with Gasteiger partial charge in [0.05, 0.1) is 12.1 Å². The molecule has 0 radical (unpaired) electrons. The van der Waals surface area contributed by atoms with Gasteiger partial charge in [-0.2, -0.15) is 11.8 Å². The van der Waals surface area contributed by atoms with Gasteiger partial charge in [-0.3, -0.25) is 4.79 Å². The minimum Gasteiger partial charge on any atom is -0.332 e. The van der Waals surface area contributed by atoms with E-state index in [9.17, 15) is 9.59 Å². The van der Waals surface area contributed by atoms with E-state index in [4.69, 9.17) is 0 Å². The third kappa shape index (κ3) is 1.30. The lowest BCUT2D eigenvalue weighted by Gasteiger charge is -2.18. The average molecular weight is 240 g/mol. The standard InChI is InChI=1S/C11H16N2O2S/c1-5(14)11(2)3-6(11)9-8-7(4-16-9)12-10(15)13-8/h6-9H,3-4H2,1-2H3,(H2,12,13,15)/t6-,7-,8-,9?,11?/m0/s1. The molecular weight excluding hydrogens is 224 g/mol. The molecule has 4 nitrogen and oxygen atoms in total. The molecule has 0 bridgehead atoms. The molecule has 5 atom stereocenters. The molecule has 2 N–H and O–H groups in total. The first-order chi connectivity index (χ1) is 7.52. The Balaban J connectivity index is 1.74. The van der Waals surface area contributed by atoms with Gasteiger partial charge in [-0.1, -0.05) is 6.92 Å². The van der Waals surface area contributed by atoms with Gasteiger partial charge in [-0.15, -0.1) is 0 Å². The first-order valence-corrected chi connectivity index (χ1v) is 6.77. The minimum absolute atomic E-state index is 0.0505. The van der Waals surface area contributed by atoms with Crippen molar-refractivity contribution in [3.63, 3.8) is 0 Å². The van der Waals surface area contributed by atoms with E-state index in [0.29, 0.717) is 17.0 Å². The molecule has 0 aromatic rings. The van der Waals surface area contributed by atoms with Crippen LogP contribution in [-0.4, -0.2) is 34.9 Å². The van der Waals surface area contributed by atoms with Crippen molar-refractivity contribution < 1.29 is 9.59 Å². The summed E-state index contributed by atoms with van der Waals surface area (Å²) >= 11 is 1.90. The molecule has 1 saturated carbocycles. The van der Waals surface area contributed by atoms with Crippen molar-refractivity contribution >= 4 is 23.6 Å². The molecule has 0 aromatic heterocycles. The Kier molecular flexibility index (Phi) is 2.06. The van der Waals surface area contributed by atoms with E-state index in [1.165, 1.54) is 0 Å². The van der Waals surface area contributed by atoms with Crippen molar-refractivity contribution in [2.45, 2.75) is 37.6 Å². The molecule has 16 heavy (non-hydrogen) atoms. The Labute approximate surface area is 98.9 Å². The van der Waals surface area contributed by atoms with Crippen molar-refractivity contribution in [2.24, 2.45) is 11.3 Å². The summed E-state index contributed by atoms with van der Waals surface area (Å²) in [5.41, 5.74) is -0.125. The highest BCUT2D eigenvalue weighted by molar-refractivity contribution is 8.00. The summed E-state index contributed by atoms with van der Waals surface area (Å²) in [6, 6.07) is 0.438. The molecule has 2 saturated heterocycles. The Morgan fingerprint density at radius 3 is 2.88 bits per heavy atom. The first kappa shape index (κ1) is 10.4. The minimum atomic E-state index is -0.125. The Morgan fingerprint density at radius 1 is 1.50 bits per heavy atom. The topological polar surface area (TPSA) is 58.2 Å². The van der Waals surface area contributed by atoms with E-state index < -0.39 is 0 Å². The Hall–Kier alpha value is -0.710. The van der Waals surface area contributed by atoms with Crippen molar-refractivity contribution in [3.05, 3.63) is 0 Å². The first-order valence-electron chi connectivity index (χ1n) is 5.72. The van der Waals surface area contributed by atoms with Gasteiger partial charge in [-0.25, -0.2) is 4.79 Å². The zero-order chi connectivity index (χ0) is 11.5. The number of rotatable bonds is 2. The van der Waals surface area contributed by atoms with Gasteiger partial charge in [-0.05, 0) is 19.3 Å². The summed E-state index contributed by atoms with van der Waals surface area (Å²) in [4.78, 5) is 22.8. The van der Waals surface area contributed by atoms with E-state index in [1.54, 1.807) is 6.92 Å². The molecule has 2 heterocycles. The number of hydrogen-bond donors (Lipinski definition) is 2. The molecule has 3 fully saturated rings. The van der Waals surface area contributed by atoms with Crippen LogP contribution in [0.25, 0.3) is 0 Å². The maximum absolute atomic E-state index is 11.5. The van der Waals surface area contributed by atoms with Crippen LogP contribution >= 0.6 is 11.8 Å². The molecule has 1 aliphatic carbocycles. The predicted molar refractivity (Wildman–Crippen MR) is 62.4 cm³/mol. The van der Waals surface area contributed by atoms with Crippen LogP contribution in [0.2, 0.25) is 0 Å². The Morgan fingerprint density at radius 2 is 2.25 bits per heavy atom. The van der Waals surface area contributed by atoms with Crippen LogP contribution in [0.3, 0.4) is 0 Å². The van der Waals surface area contributed by atoms with Crippen LogP contribution in [-0.2, 0) is 4.79 Å². The summed E-state index contributed by atoms with van der Waals surface area (Å²) in [5, 5.41) is 6.33. The van der Waals surface area contributed by atoms with Crippen LogP contribution < -0.4 is 10.6 Å². The number of ketones is 1. The van der Waals surface area contributed by atoms with Gasteiger partial charge in [0.15, 0.2) is 0 Å². The van der Waals surface area contributed by atoms with Gasteiger partial charge in [0.25, 0.3) is 0 Å². The molecule has 2 aliphatic heterocycles. The zero-order valence-electron chi connectivity index (χ0n) is 9.45. The highest BCUT2D eigenvalue weighted by atomic mass is 32.2. The lowest BCUT2D eigenvalue weighted by atomic mass is 9.96. The van der Waals surface area contributed by atoms with E-state index in [2.05, 4.69) is 17.6 Å². The number of amides is 2. The average Bonchev–Trinajstić information content (AvgIpc) is 2.57. The van der Waals surface area contributed by atoms with Crippen LogP contribution in [0.5, 0.6) is 0 Å². The fourth-order valence-electron chi connectivity index (χ4n) is 2.97. The van der Waals surface area contributed by atoms with E-state index in [-0.39, 0.29) is 23.5 Å². The highest BCUT2D eigenvalue weighted by Gasteiger charge is 2.61.